The summed E-state index contributed by atoms with van der Waals surface area (Å²) in [6.45, 7) is 0.725. The van der Waals surface area contributed by atoms with Gasteiger partial charge in [-0.1, -0.05) is 31.4 Å². The summed E-state index contributed by atoms with van der Waals surface area (Å²) < 4.78 is 5.54. The van der Waals surface area contributed by atoms with Crippen LogP contribution in [0.15, 0.2) is 24.3 Å². The van der Waals surface area contributed by atoms with E-state index in [2.05, 4.69) is 6.07 Å². The zero-order valence-corrected chi connectivity index (χ0v) is 10.0. The Bertz CT molecular complexity index is 309. The van der Waals surface area contributed by atoms with Crippen molar-refractivity contribution >= 4 is 5.97 Å². The quantitative estimate of drug-likeness (QED) is 0.668. The van der Waals surface area contributed by atoms with Gasteiger partial charge in [0.25, 0.3) is 0 Å². The van der Waals surface area contributed by atoms with Crippen molar-refractivity contribution in [3.63, 3.8) is 0 Å². The molecule has 1 N–H and O–H groups in total. The molecule has 0 unspecified atom stereocenters. The molecule has 0 heterocycles. The molecule has 0 saturated carbocycles. The van der Waals surface area contributed by atoms with E-state index in [1.165, 1.54) is 0 Å². The summed E-state index contributed by atoms with van der Waals surface area (Å²) in [4.78, 5) is 10.3. The van der Waals surface area contributed by atoms with E-state index < -0.39 is 5.97 Å². The number of hydrogen-bond acceptors (Lipinski definition) is 2. The molecule has 0 atom stereocenters. The van der Waals surface area contributed by atoms with Crippen molar-refractivity contribution in [2.24, 2.45) is 0 Å². The number of carbonyl (C=O) groups is 1. The smallest absolute Gasteiger partial charge is 0.303 e. The van der Waals surface area contributed by atoms with Crippen molar-refractivity contribution in [1.82, 2.24) is 0 Å². The molecule has 0 aromatic heterocycles. The van der Waals surface area contributed by atoms with Crippen LogP contribution in [0.5, 0.6) is 5.75 Å². The van der Waals surface area contributed by atoms with E-state index in [0.717, 1.165) is 44.5 Å². The van der Waals surface area contributed by atoms with Crippen LogP contribution in [0.1, 0.15) is 38.5 Å². The van der Waals surface area contributed by atoms with Crippen molar-refractivity contribution in [3.8, 4) is 5.75 Å². The van der Waals surface area contributed by atoms with Gasteiger partial charge < -0.3 is 9.84 Å². The number of carboxylic acids is 1. The zero-order valence-electron chi connectivity index (χ0n) is 10.0. The first-order valence-corrected chi connectivity index (χ1v) is 6.10. The summed E-state index contributed by atoms with van der Waals surface area (Å²) >= 11 is 0. The Morgan fingerprint density at radius 2 is 1.76 bits per heavy atom. The van der Waals surface area contributed by atoms with Crippen molar-refractivity contribution in [1.29, 1.82) is 0 Å². The molecule has 0 aliphatic carbocycles. The number of ether oxygens (including phenoxy) is 1. The second kappa shape index (κ2) is 8.62. The van der Waals surface area contributed by atoms with Crippen LogP contribution in [0.3, 0.4) is 0 Å². The molecule has 3 heteroatoms. The highest BCUT2D eigenvalue weighted by Crippen LogP contribution is 2.10. The maximum atomic E-state index is 10.3. The van der Waals surface area contributed by atoms with Crippen LogP contribution >= 0.6 is 0 Å². The molecule has 3 nitrogen and oxygen atoms in total. The molecule has 0 saturated heterocycles. The number of aliphatic carboxylic acids is 1. The van der Waals surface area contributed by atoms with Crippen molar-refractivity contribution in [2.45, 2.75) is 38.5 Å². The van der Waals surface area contributed by atoms with Gasteiger partial charge in [0.2, 0.25) is 0 Å². The van der Waals surface area contributed by atoms with Crippen LogP contribution in [0.25, 0.3) is 0 Å². The average Bonchev–Trinajstić information content (AvgIpc) is 2.33. The first kappa shape index (κ1) is 13.6. The first-order valence-electron chi connectivity index (χ1n) is 6.10. The van der Waals surface area contributed by atoms with Crippen LogP contribution in [-0.4, -0.2) is 17.7 Å². The lowest BCUT2D eigenvalue weighted by atomic mass is 10.1. The molecular formula is C14H19O3. The SMILES string of the molecule is O=C(O)CCCCCCCOc1cc[c]cc1. The van der Waals surface area contributed by atoms with E-state index in [4.69, 9.17) is 9.84 Å². The highest BCUT2D eigenvalue weighted by Gasteiger charge is 1.97. The van der Waals surface area contributed by atoms with Gasteiger partial charge in [-0.2, -0.15) is 0 Å². The van der Waals surface area contributed by atoms with Gasteiger partial charge in [-0.3, -0.25) is 4.79 Å². The predicted octanol–water partition coefficient (Wildman–Crippen LogP) is 3.29. The fourth-order valence-corrected chi connectivity index (χ4v) is 1.57. The zero-order chi connectivity index (χ0) is 12.3. The van der Waals surface area contributed by atoms with Gasteiger partial charge in [0, 0.05) is 6.42 Å². The summed E-state index contributed by atoms with van der Waals surface area (Å²) in [5.41, 5.74) is 0. The molecule has 0 aliphatic rings. The summed E-state index contributed by atoms with van der Waals surface area (Å²) in [6.07, 6.45) is 5.26. The third-order valence-electron chi connectivity index (χ3n) is 2.49. The molecule has 1 rings (SSSR count). The maximum absolute atomic E-state index is 10.3. The van der Waals surface area contributed by atoms with Gasteiger partial charge in [0.15, 0.2) is 0 Å². The number of benzene rings is 1. The van der Waals surface area contributed by atoms with Gasteiger partial charge in [-0.05, 0) is 31.0 Å². The van der Waals surface area contributed by atoms with Crippen LogP contribution in [-0.2, 0) is 4.79 Å². The fraction of sp³-hybridized carbons (Fsp3) is 0.500. The highest BCUT2D eigenvalue weighted by molar-refractivity contribution is 5.66. The largest absolute Gasteiger partial charge is 0.494 e. The molecule has 1 aromatic carbocycles. The Labute approximate surface area is 102 Å². The maximum Gasteiger partial charge on any atom is 0.303 e. The van der Waals surface area contributed by atoms with Gasteiger partial charge in [0.05, 0.1) is 6.61 Å². The Balaban J connectivity index is 1.90. The van der Waals surface area contributed by atoms with E-state index in [9.17, 15) is 4.79 Å². The van der Waals surface area contributed by atoms with Crippen LogP contribution in [0.2, 0.25) is 0 Å². The topological polar surface area (TPSA) is 46.5 Å². The van der Waals surface area contributed by atoms with Gasteiger partial charge >= 0.3 is 5.97 Å². The second-order valence-electron chi connectivity index (χ2n) is 4.00. The number of unbranched alkanes of at least 4 members (excludes halogenated alkanes) is 4. The van der Waals surface area contributed by atoms with E-state index in [-0.39, 0.29) is 6.42 Å². The van der Waals surface area contributed by atoms with Gasteiger partial charge in [-0.25, -0.2) is 0 Å². The van der Waals surface area contributed by atoms with Crippen LogP contribution < -0.4 is 4.74 Å². The molecule has 0 bridgehead atoms. The fourth-order valence-electron chi connectivity index (χ4n) is 1.57. The molecule has 0 aliphatic heterocycles. The monoisotopic (exact) mass is 235 g/mol. The van der Waals surface area contributed by atoms with Crippen molar-refractivity contribution < 1.29 is 14.6 Å². The van der Waals surface area contributed by atoms with Crippen LogP contribution in [0.4, 0.5) is 0 Å². The molecule has 1 radical (unpaired) electrons. The third kappa shape index (κ3) is 7.39. The highest BCUT2D eigenvalue weighted by atomic mass is 16.5. The van der Waals surface area contributed by atoms with E-state index >= 15 is 0 Å². The summed E-state index contributed by atoms with van der Waals surface area (Å²) in [5, 5.41) is 8.46. The molecule has 17 heavy (non-hydrogen) atoms. The lowest BCUT2D eigenvalue weighted by Gasteiger charge is -2.05. The van der Waals surface area contributed by atoms with E-state index in [1.807, 2.05) is 24.3 Å². The van der Waals surface area contributed by atoms with E-state index in [0.29, 0.717) is 0 Å². The lowest BCUT2D eigenvalue weighted by Crippen LogP contribution is -1.97. The standard InChI is InChI=1S/C14H19O3/c15-14(16)11-7-2-1-3-8-12-17-13-9-5-4-6-10-13/h5-6,9-10H,1-3,7-8,11-12H2,(H,15,16). The lowest BCUT2D eigenvalue weighted by molar-refractivity contribution is -0.137. The Morgan fingerprint density at radius 3 is 2.47 bits per heavy atom. The minimum absolute atomic E-state index is 0.289. The average molecular weight is 235 g/mol. The normalized spacial score (nSPS) is 10.1. The van der Waals surface area contributed by atoms with Gasteiger partial charge in [-0.15, -0.1) is 0 Å². The predicted molar refractivity (Wildman–Crippen MR) is 66.1 cm³/mol. The molecular weight excluding hydrogens is 216 g/mol. The van der Waals surface area contributed by atoms with Crippen LogP contribution in [0, 0.1) is 6.07 Å². The van der Waals surface area contributed by atoms with E-state index in [1.54, 1.807) is 0 Å². The molecule has 0 fully saturated rings. The molecule has 1 aromatic rings. The molecule has 0 spiro atoms. The minimum Gasteiger partial charge on any atom is -0.494 e. The van der Waals surface area contributed by atoms with Crippen molar-refractivity contribution in [2.75, 3.05) is 6.61 Å². The Hall–Kier alpha value is -1.51. The summed E-state index contributed by atoms with van der Waals surface area (Å²) in [7, 11) is 0. The Kier molecular flexibility index (Phi) is 6.87. The van der Waals surface area contributed by atoms with Gasteiger partial charge in [0.1, 0.15) is 5.75 Å². The number of carboxylic acid groups (broad SMARTS) is 1. The van der Waals surface area contributed by atoms with Crippen molar-refractivity contribution in [3.05, 3.63) is 30.3 Å². The second-order valence-corrected chi connectivity index (χ2v) is 4.00. The number of hydrogen-bond donors (Lipinski definition) is 1. The Morgan fingerprint density at radius 1 is 1.12 bits per heavy atom. The summed E-state index contributed by atoms with van der Waals surface area (Å²) in [6, 6.07) is 10.4. The third-order valence-corrected chi connectivity index (χ3v) is 2.49. The first-order chi connectivity index (χ1) is 8.29. The number of rotatable bonds is 9. The molecule has 0 amide bonds. The molecule has 93 valence electrons. The summed E-state index contributed by atoms with van der Waals surface area (Å²) in [5.74, 6) is 0.184. The minimum atomic E-state index is -0.700.